The van der Waals surface area contributed by atoms with Gasteiger partial charge in [0.1, 0.15) is 0 Å². The van der Waals surface area contributed by atoms with E-state index in [0.717, 1.165) is 10.1 Å². The van der Waals surface area contributed by atoms with Crippen LogP contribution in [0.2, 0.25) is 10.0 Å². The molecule has 0 fully saturated rings. The molecule has 0 spiro atoms. The van der Waals surface area contributed by atoms with Gasteiger partial charge in [-0.1, -0.05) is 53.5 Å². The van der Waals surface area contributed by atoms with Crippen molar-refractivity contribution in [1.29, 1.82) is 0 Å². The lowest BCUT2D eigenvalue weighted by molar-refractivity contribution is 0.690. The van der Waals surface area contributed by atoms with Crippen LogP contribution in [0.15, 0.2) is 77.1 Å². The number of aromatic nitrogens is 4. The second kappa shape index (κ2) is 7.73. The maximum absolute atomic E-state index is 13.1. The zero-order valence-corrected chi connectivity index (χ0v) is 16.8. The first-order chi connectivity index (χ1) is 14.0. The third kappa shape index (κ3) is 3.41. The van der Waals surface area contributed by atoms with E-state index >= 15 is 0 Å². The number of allylic oxidation sites excluding steroid dienone is 1. The van der Waals surface area contributed by atoms with E-state index < -0.39 is 11.2 Å². The van der Waals surface area contributed by atoms with E-state index in [1.54, 1.807) is 34.9 Å². The Morgan fingerprint density at radius 3 is 2.59 bits per heavy atom. The van der Waals surface area contributed by atoms with Gasteiger partial charge in [-0.15, -0.1) is 6.58 Å². The summed E-state index contributed by atoms with van der Waals surface area (Å²) in [6, 6.07) is 14.2. The van der Waals surface area contributed by atoms with Crippen molar-refractivity contribution in [2.75, 3.05) is 0 Å². The van der Waals surface area contributed by atoms with Gasteiger partial charge in [-0.3, -0.25) is 9.36 Å². The van der Waals surface area contributed by atoms with Gasteiger partial charge in [0.2, 0.25) is 0 Å². The van der Waals surface area contributed by atoms with Gasteiger partial charge in [0, 0.05) is 16.6 Å². The van der Waals surface area contributed by atoms with E-state index in [-0.39, 0.29) is 12.2 Å². The summed E-state index contributed by atoms with van der Waals surface area (Å²) in [4.78, 5) is 30.6. The van der Waals surface area contributed by atoms with Gasteiger partial charge in [-0.2, -0.15) is 0 Å². The number of halogens is 2. The zero-order chi connectivity index (χ0) is 20.5. The van der Waals surface area contributed by atoms with E-state index in [0.29, 0.717) is 27.8 Å². The minimum atomic E-state index is -0.507. The molecule has 4 aromatic rings. The second-order valence-corrected chi connectivity index (χ2v) is 7.28. The molecule has 0 N–H and O–H groups in total. The Bertz CT molecular complexity index is 1350. The van der Waals surface area contributed by atoms with Crippen LogP contribution in [-0.4, -0.2) is 18.7 Å². The van der Waals surface area contributed by atoms with Crippen molar-refractivity contribution >= 4 is 34.4 Å². The molecule has 29 heavy (non-hydrogen) atoms. The summed E-state index contributed by atoms with van der Waals surface area (Å²) in [6.45, 7) is 4.07. The smallest absolute Gasteiger partial charge is 0.320 e. The molecule has 0 aliphatic rings. The normalized spacial score (nSPS) is 11.1. The van der Waals surface area contributed by atoms with Crippen molar-refractivity contribution in [2.24, 2.45) is 0 Å². The highest BCUT2D eigenvalue weighted by Crippen LogP contribution is 2.20. The van der Waals surface area contributed by atoms with Gasteiger partial charge < -0.3 is 4.57 Å². The van der Waals surface area contributed by atoms with Crippen molar-refractivity contribution in [3.8, 4) is 5.69 Å². The number of imidazole rings is 1. The monoisotopic (exact) mass is 426 g/mol. The van der Waals surface area contributed by atoms with E-state index in [2.05, 4.69) is 11.6 Å². The van der Waals surface area contributed by atoms with Gasteiger partial charge in [0.05, 0.1) is 18.6 Å². The highest BCUT2D eigenvalue weighted by Gasteiger charge is 2.19. The molecule has 0 radical (unpaired) electrons. The maximum Gasteiger partial charge on any atom is 0.337 e. The van der Waals surface area contributed by atoms with Crippen LogP contribution in [0.4, 0.5) is 0 Å². The van der Waals surface area contributed by atoms with Crippen molar-refractivity contribution in [1.82, 2.24) is 18.7 Å². The van der Waals surface area contributed by atoms with Crippen LogP contribution in [0.5, 0.6) is 0 Å². The fourth-order valence-electron chi connectivity index (χ4n) is 3.25. The molecule has 6 nitrogen and oxygen atoms in total. The molecule has 0 aliphatic heterocycles. The lowest BCUT2D eigenvalue weighted by Crippen LogP contribution is -2.39. The molecule has 0 saturated heterocycles. The number of nitrogens with zero attached hydrogens (tertiary/aromatic N) is 4. The van der Waals surface area contributed by atoms with Crippen LogP contribution in [0.1, 0.15) is 5.56 Å². The van der Waals surface area contributed by atoms with Gasteiger partial charge in [-0.25, -0.2) is 14.3 Å². The Labute approximate surface area is 175 Å². The first kappa shape index (κ1) is 19.2. The fraction of sp³-hybridized carbons (Fsp3) is 0.0952. The summed E-state index contributed by atoms with van der Waals surface area (Å²) >= 11 is 12.4. The third-order valence-electron chi connectivity index (χ3n) is 4.58. The minimum absolute atomic E-state index is 0.0748. The molecule has 8 heteroatoms. The molecule has 2 aromatic carbocycles. The summed E-state index contributed by atoms with van der Waals surface area (Å²) < 4.78 is 4.20. The molecule has 0 unspecified atom stereocenters. The molecule has 0 saturated carbocycles. The van der Waals surface area contributed by atoms with Crippen LogP contribution < -0.4 is 11.2 Å². The van der Waals surface area contributed by atoms with E-state index in [1.807, 2.05) is 18.2 Å². The van der Waals surface area contributed by atoms with Crippen LogP contribution in [-0.2, 0) is 13.1 Å². The topological polar surface area (TPSA) is 61.8 Å². The van der Waals surface area contributed by atoms with Crippen molar-refractivity contribution < 1.29 is 0 Å². The molecule has 2 aromatic heterocycles. The van der Waals surface area contributed by atoms with Crippen LogP contribution in [0.25, 0.3) is 16.9 Å². The molecular weight excluding hydrogens is 411 g/mol. The molecular formula is C21H16Cl2N4O2. The highest BCUT2D eigenvalue weighted by molar-refractivity contribution is 6.31. The predicted molar refractivity (Wildman–Crippen MR) is 115 cm³/mol. The minimum Gasteiger partial charge on any atom is -0.320 e. The summed E-state index contributed by atoms with van der Waals surface area (Å²) in [5.74, 6) is 0. The molecule has 146 valence electrons. The lowest BCUT2D eigenvalue weighted by atomic mass is 10.2. The van der Waals surface area contributed by atoms with Crippen LogP contribution in [0, 0.1) is 0 Å². The Morgan fingerprint density at radius 2 is 1.86 bits per heavy atom. The van der Waals surface area contributed by atoms with Crippen molar-refractivity contribution in [3.63, 3.8) is 0 Å². The Morgan fingerprint density at radius 1 is 1.07 bits per heavy atom. The van der Waals surface area contributed by atoms with Crippen LogP contribution in [0.3, 0.4) is 0 Å². The largest absolute Gasteiger partial charge is 0.337 e. The standard InChI is InChI=1S/C21H16Cl2N4O2/c1-2-10-26-20(28)18-19(27(21(26)29)16-8-5-7-15(22)11-16)24-13-25(18)12-14-6-3-4-9-17(14)23/h2-9,11,13H,1,10,12H2. The Balaban J connectivity index is 2.03. The van der Waals surface area contributed by atoms with Gasteiger partial charge >= 0.3 is 5.69 Å². The van der Waals surface area contributed by atoms with E-state index in [4.69, 9.17) is 23.2 Å². The molecule has 0 amide bonds. The van der Waals surface area contributed by atoms with Crippen molar-refractivity contribution in [3.05, 3.63) is 104 Å². The average Bonchev–Trinajstić information content (AvgIpc) is 3.10. The fourth-order valence-corrected chi connectivity index (χ4v) is 3.63. The van der Waals surface area contributed by atoms with Gasteiger partial charge in [-0.05, 0) is 29.8 Å². The number of fused-ring (bicyclic) bond motifs is 1. The quantitative estimate of drug-likeness (QED) is 0.454. The maximum atomic E-state index is 13.1. The zero-order valence-electron chi connectivity index (χ0n) is 15.3. The second-order valence-electron chi connectivity index (χ2n) is 6.44. The van der Waals surface area contributed by atoms with Crippen LogP contribution >= 0.6 is 23.2 Å². The SMILES string of the molecule is C=CCn1c(=O)c2c(ncn2Cc2ccccc2Cl)n(-c2cccc(Cl)c2)c1=O. The molecule has 4 rings (SSSR count). The lowest BCUT2D eigenvalue weighted by Gasteiger charge is -2.12. The number of rotatable bonds is 5. The molecule has 0 atom stereocenters. The third-order valence-corrected chi connectivity index (χ3v) is 5.18. The molecule has 2 heterocycles. The molecule has 0 aliphatic carbocycles. The number of hydrogen-bond donors (Lipinski definition) is 0. The highest BCUT2D eigenvalue weighted by atomic mass is 35.5. The Kier molecular flexibility index (Phi) is 5.13. The first-order valence-corrected chi connectivity index (χ1v) is 9.58. The number of hydrogen-bond acceptors (Lipinski definition) is 3. The summed E-state index contributed by atoms with van der Waals surface area (Å²) in [5.41, 5.74) is 0.971. The first-order valence-electron chi connectivity index (χ1n) is 8.82. The van der Waals surface area contributed by atoms with Crippen molar-refractivity contribution in [2.45, 2.75) is 13.1 Å². The van der Waals surface area contributed by atoms with Gasteiger partial charge in [0.25, 0.3) is 5.56 Å². The number of benzene rings is 2. The summed E-state index contributed by atoms with van der Waals surface area (Å²) in [6.07, 6.45) is 3.04. The Hall–Kier alpha value is -3.09. The summed E-state index contributed by atoms with van der Waals surface area (Å²) in [5, 5.41) is 1.06. The van der Waals surface area contributed by atoms with E-state index in [9.17, 15) is 9.59 Å². The predicted octanol–water partition coefficient (Wildman–Crippen LogP) is 3.89. The van der Waals surface area contributed by atoms with E-state index in [1.165, 1.54) is 17.0 Å². The molecule has 0 bridgehead atoms. The summed E-state index contributed by atoms with van der Waals surface area (Å²) in [7, 11) is 0. The van der Waals surface area contributed by atoms with Gasteiger partial charge in [0.15, 0.2) is 11.2 Å². The average molecular weight is 427 g/mol.